The van der Waals surface area contributed by atoms with Gasteiger partial charge in [-0.25, -0.2) is 0 Å². The van der Waals surface area contributed by atoms with E-state index in [9.17, 15) is 4.57 Å². The van der Waals surface area contributed by atoms with Gasteiger partial charge in [-0.15, -0.1) is 0 Å². The predicted molar refractivity (Wildman–Crippen MR) is 66.0 cm³/mol. The summed E-state index contributed by atoms with van der Waals surface area (Å²) in [4.78, 5) is 0. The Labute approximate surface area is 101 Å². The van der Waals surface area contributed by atoms with Crippen LogP contribution in [0.5, 0.6) is 5.75 Å². The lowest BCUT2D eigenvalue weighted by atomic mass is 10.1. The van der Waals surface area contributed by atoms with Crippen molar-refractivity contribution in [3.63, 3.8) is 0 Å². The Morgan fingerprint density at radius 1 is 1.12 bits per heavy atom. The lowest BCUT2D eigenvalue weighted by Gasteiger charge is -2.04. The zero-order valence-corrected chi connectivity index (χ0v) is 10.6. The molecule has 1 aromatic heterocycles. The van der Waals surface area contributed by atoms with Gasteiger partial charge in [-0.2, -0.15) is 4.57 Å². The van der Waals surface area contributed by atoms with E-state index in [0.29, 0.717) is 5.75 Å². The summed E-state index contributed by atoms with van der Waals surface area (Å²) in [6.45, 7) is 0. The van der Waals surface area contributed by atoms with Crippen LogP contribution in [0.3, 0.4) is 0 Å². The molecule has 1 aromatic carbocycles. The van der Waals surface area contributed by atoms with E-state index in [1.54, 1.807) is 0 Å². The highest BCUT2D eigenvalue weighted by Crippen LogP contribution is 2.27. The van der Waals surface area contributed by atoms with Gasteiger partial charge in [0.15, 0.2) is 11.9 Å². The first-order valence-electron chi connectivity index (χ1n) is 4.97. The van der Waals surface area contributed by atoms with Gasteiger partial charge >= 0.3 is 0 Å². The molecule has 0 bridgehead atoms. The fraction of sp³-hybridized carbons (Fsp3) is 0.0833. The van der Waals surface area contributed by atoms with Crippen molar-refractivity contribution < 1.29 is 19.1 Å². The first-order chi connectivity index (χ1) is 7.83. The smallest absolute Gasteiger partial charge is 0.255 e. The van der Waals surface area contributed by atoms with Gasteiger partial charge in [0.2, 0.25) is 8.69 Å². The van der Waals surface area contributed by atoms with Gasteiger partial charge < -0.3 is 10.00 Å². The van der Waals surface area contributed by atoms with Gasteiger partial charge in [0.05, 0.1) is 5.56 Å². The van der Waals surface area contributed by atoms with E-state index in [-0.39, 0.29) is 5.48 Å². The summed E-state index contributed by atoms with van der Waals surface area (Å²) in [5, 5.41) is 0. The molecule has 0 aliphatic carbocycles. The number of hydrogen-bond acceptors (Lipinski definition) is 3. The molecule has 0 spiro atoms. The Morgan fingerprint density at radius 3 is 2.47 bits per heavy atom. The maximum Gasteiger partial charge on any atom is 0.255 e. The first-order valence-corrected chi connectivity index (χ1v) is 5.91. The van der Waals surface area contributed by atoms with Crippen LogP contribution in [-0.2, 0) is 11.6 Å². The van der Waals surface area contributed by atoms with Gasteiger partial charge in [-0.3, -0.25) is 4.57 Å². The molecule has 2 aromatic rings. The Morgan fingerprint density at radius 2 is 1.82 bits per heavy atom. The van der Waals surface area contributed by atoms with Crippen molar-refractivity contribution in [2.24, 2.45) is 7.05 Å². The zero-order valence-electron chi connectivity index (χ0n) is 9.41. The van der Waals surface area contributed by atoms with Crippen LogP contribution < -0.4 is 9.09 Å². The van der Waals surface area contributed by atoms with Crippen LogP contribution in [-0.4, -0.2) is 5.48 Å². The van der Waals surface area contributed by atoms with E-state index in [1.807, 2.05) is 60.3 Å². The van der Waals surface area contributed by atoms with Crippen molar-refractivity contribution in [3.8, 4) is 17.0 Å². The van der Waals surface area contributed by atoms with Crippen LogP contribution in [0.1, 0.15) is 0 Å². The van der Waals surface area contributed by atoms with E-state index < -0.39 is 8.69 Å². The van der Waals surface area contributed by atoms with Gasteiger partial charge in [-0.05, 0) is 18.2 Å². The monoisotopic (exact) mass is 251 g/mol. The Balaban J connectivity index is 0.00000144. The summed E-state index contributed by atoms with van der Waals surface area (Å²) in [5.41, 5.74) is 1.99. The lowest BCUT2D eigenvalue weighted by Crippen LogP contribution is -2.30. The van der Waals surface area contributed by atoms with Crippen molar-refractivity contribution in [1.82, 2.24) is 0 Å². The van der Waals surface area contributed by atoms with Crippen molar-refractivity contribution >= 4 is 8.69 Å². The molecule has 0 amide bonds. The number of rotatable bonds is 3. The molecule has 0 saturated heterocycles. The minimum atomic E-state index is -1.24. The Hall–Kier alpha value is -1.64. The van der Waals surface area contributed by atoms with Crippen LogP contribution in [0.4, 0.5) is 0 Å². The average Bonchev–Trinajstić information content (AvgIpc) is 2.31. The van der Waals surface area contributed by atoms with Crippen molar-refractivity contribution in [3.05, 3.63) is 48.7 Å². The van der Waals surface area contributed by atoms with Crippen LogP contribution in [0.25, 0.3) is 11.3 Å². The third-order valence-corrected chi connectivity index (χ3v) is 2.72. The quantitative estimate of drug-likeness (QED) is 0.619. The van der Waals surface area contributed by atoms with Crippen LogP contribution in [0.15, 0.2) is 48.7 Å². The summed E-state index contributed by atoms with van der Waals surface area (Å²) >= 11 is 0. The molecule has 0 radical (unpaired) electrons. The van der Waals surface area contributed by atoms with Crippen LogP contribution in [0.2, 0.25) is 0 Å². The number of aryl methyl sites for hydroxylation is 1. The SMILES string of the molecule is C[n+]1cccc(O[PH2]=O)c1-c1ccccc1.[OH-]. The third-order valence-electron chi connectivity index (χ3n) is 2.37. The van der Waals surface area contributed by atoms with E-state index in [4.69, 9.17) is 4.52 Å². The molecule has 1 unspecified atom stereocenters. The number of hydrogen-bond donors (Lipinski definition) is 0. The second-order valence-electron chi connectivity index (χ2n) is 3.41. The largest absolute Gasteiger partial charge is 0.870 e. The van der Waals surface area contributed by atoms with E-state index >= 15 is 0 Å². The minimum absolute atomic E-state index is 0. The van der Waals surface area contributed by atoms with Gasteiger partial charge in [0.1, 0.15) is 7.05 Å². The summed E-state index contributed by atoms with van der Waals surface area (Å²) in [6.07, 6.45) is 1.94. The molecule has 1 N–H and O–H groups in total. The molecule has 5 heteroatoms. The van der Waals surface area contributed by atoms with E-state index in [2.05, 4.69) is 0 Å². The fourth-order valence-electron chi connectivity index (χ4n) is 1.68. The maximum atomic E-state index is 10.6. The summed E-state index contributed by atoms with van der Waals surface area (Å²) in [6, 6.07) is 13.6. The normalized spacial score (nSPS) is 10.2. The lowest BCUT2D eigenvalue weighted by molar-refractivity contribution is -0.660. The topological polar surface area (TPSA) is 60.2 Å². The number of pyridine rings is 1. The van der Waals surface area contributed by atoms with E-state index in [0.717, 1.165) is 11.3 Å². The molecule has 2 rings (SSSR count). The summed E-state index contributed by atoms with van der Waals surface area (Å²) in [7, 11) is 0.700. The van der Waals surface area contributed by atoms with Gasteiger partial charge in [-0.1, -0.05) is 18.2 Å². The second-order valence-corrected chi connectivity index (χ2v) is 3.84. The molecular weight excluding hydrogens is 237 g/mol. The number of nitrogens with zero attached hydrogens (tertiary/aromatic N) is 1. The molecule has 1 heterocycles. The highest BCUT2D eigenvalue weighted by molar-refractivity contribution is 7.17. The summed E-state index contributed by atoms with van der Waals surface area (Å²) < 4.78 is 17.8. The van der Waals surface area contributed by atoms with Crippen molar-refractivity contribution in [1.29, 1.82) is 0 Å². The van der Waals surface area contributed by atoms with E-state index in [1.165, 1.54) is 0 Å². The zero-order chi connectivity index (χ0) is 11.4. The summed E-state index contributed by atoms with van der Waals surface area (Å²) in [5.74, 6) is 0.654. The van der Waals surface area contributed by atoms with Crippen molar-refractivity contribution in [2.75, 3.05) is 0 Å². The van der Waals surface area contributed by atoms with Gasteiger partial charge in [0, 0.05) is 6.07 Å². The molecule has 90 valence electrons. The molecule has 4 nitrogen and oxygen atoms in total. The van der Waals surface area contributed by atoms with Gasteiger partial charge in [0.25, 0.3) is 5.69 Å². The molecular formula is C12H14NO3P. The second kappa shape index (κ2) is 6.18. The number of aromatic nitrogens is 1. The Bertz CT molecular complexity index is 502. The van der Waals surface area contributed by atoms with Crippen LogP contribution in [0, 0.1) is 0 Å². The third kappa shape index (κ3) is 2.93. The predicted octanol–water partition coefficient (Wildman–Crippen LogP) is 2.05. The number of benzene rings is 1. The molecule has 0 saturated carbocycles. The minimum Gasteiger partial charge on any atom is -0.870 e. The Kier molecular flexibility index (Phi) is 4.88. The highest BCUT2D eigenvalue weighted by atomic mass is 31.1. The molecule has 17 heavy (non-hydrogen) atoms. The molecule has 1 atom stereocenters. The average molecular weight is 251 g/mol. The molecule has 0 fully saturated rings. The fourth-order valence-corrected chi connectivity index (χ4v) is 1.97. The molecule has 0 aliphatic rings. The van der Waals surface area contributed by atoms with Crippen molar-refractivity contribution in [2.45, 2.75) is 0 Å². The maximum absolute atomic E-state index is 10.6. The first kappa shape index (κ1) is 13.4. The highest BCUT2D eigenvalue weighted by Gasteiger charge is 2.15. The molecule has 0 aliphatic heterocycles. The van der Waals surface area contributed by atoms with Crippen LogP contribution >= 0.6 is 8.69 Å². The standard InChI is InChI=1S/C12H13NO2P.H2O/c1-13-9-5-8-11(15-16-14)12(13)10-6-3-2-4-7-10;/h2-9H,16H2,1H3;1H2/q+1;/p-1.